The lowest BCUT2D eigenvalue weighted by molar-refractivity contribution is -0.115. The number of amidine groups is 1. The van der Waals surface area contributed by atoms with Crippen LogP contribution in [0.3, 0.4) is 0 Å². The largest absolute Gasteiger partial charge is 0.494 e. The van der Waals surface area contributed by atoms with Gasteiger partial charge < -0.3 is 15.0 Å². The summed E-state index contributed by atoms with van der Waals surface area (Å²) in [4.78, 5) is 19.4. The molecule has 0 spiro atoms. The number of carbonyl (C=O) groups is 1. The zero-order valence-corrected chi connectivity index (χ0v) is 17.7. The van der Waals surface area contributed by atoms with E-state index in [0.717, 1.165) is 27.2 Å². The van der Waals surface area contributed by atoms with Gasteiger partial charge in [-0.05, 0) is 82.7 Å². The van der Waals surface area contributed by atoms with Crippen LogP contribution in [-0.4, -0.2) is 31.8 Å². The lowest BCUT2D eigenvalue weighted by Gasteiger charge is -2.14. The predicted molar refractivity (Wildman–Crippen MR) is 117 cm³/mol. The van der Waals surface area contributed by atoms with Gasteiger partial charge in [-0.3, -0.25) is 4.79 Å². The lowest BCUT2D eigenvalue weighted by atomic mass is 10.2. The molecule has 7 heteroatoms. The molecule has 0 saturated carbocycles. The van der Waals surface area contributed by atoms with Crippen LogP contribution in [0.15, 0.2) is 56.8 Å². The molecule has 1 heterocycles. The molecule has 0 aliphatic carbocycles. The van der Waals surface area contributed by atoms with Crippen LogP contribution in [0.1, 0.15) is 12.5 Å². The smallest absolute Gasteiger partial charge is 0.264 e. The second-order valence-electron chi connectivity index (χ2n) is 6.01. The van der Waals surface area contributed by atoms with Crippen molar-refractivity contribution in [2.24, 2.45) is 4.99 Å². The molecule has 5 nitrogen and oxygen atoms in total. The summed E-state index contributed by atoms with van der Waals surface area (Å²) in [5.41, 5.74) is 2.80. The first-order valence-corrected chi connectivity index (χ1v) is 10.1. The van der Waals surface area contributed by atoms with Crippen LogP contribution >= 0.6 is 27.7 Å². The molecule has 1 amide bonds. The number of halogens is 1. The Morgan fingerprint density at radius 1 is 1.22 bits per heavy atom. The highest BCUT2D eigenvalue weighted by molar-refractivity contribution is 9.10. The number of ether oxygens (including phenoxy) is 1. The Kier molecular flexibility index (Phi) is 6.23. The standard InChI is InChI=1S/C20H20BrN3O2S/c1-4-26-15-8-6-14(7-9-15)22-20-23-19(25)18(27-20)12-13-5-10-17(24(2)3)16(21)11-13/h5-12H,4H2,1-3H3,(H,22,23,25). The molecule has 140 valence electrons. The Morgan fingerprint density at radius 3 is 2.59 bits per heavy atom. The zero-order valence-electron chi connectivity index (χ0n) is 15.3. The first kappa shape index (κ1) is 19.5. The summed E-state index contributed by atoms with van der Waals surface area (Å²) < 4.78 is 6.40. The monoisotopic (exact) mass is 445 g/mol. The molecule has 1 saturated heterocycles. The van der Waals surface area contributed by atoms with Crippen molar-refractivity contribution in [3.05, 3.63) is 57.4 Å². The molecule has 27 heavy (non-hydrogen) atoms. The van der Waals surface area contributed by atoms with Gasteiger partial charge in [0.2, 0.25) is 0 Å². The van der Waals surface area contributed by atoms with E-state index >= 15 is 0 Å². The summed E-state index contributed by atoms with van der Waals surface area (Å²) in [5.74, 6) is 0.661. The minimum Gasteiger partial charge on any atom is -0.494 e. The van der Waals surface area contributed by atoms with Crippen molar-refractivity contribution in [2.45, 2.75) is 6.92 Å². The Morgan fingerprint density at radius 2 is 1.96 bits per heavy atom. The summed E-state index contributed by atoms with van der Waals surface area (Å²) in [5, 5.41) is 3.38. The highest BCUT2D eigenvalue weighted by Crippen LogP contribution is 2.31. The van der Waals surface area contributed by atoms with E-state index in [1.54, 1.807) is 0 Å². The number of anilines is 1. The number of amides is 1. The van der Waals surface area contributed by atoms with Crippen molar-refractivity contribution in [2.75, 3.05) is 25.6 Å². The third-order valence-electron chi connectivity index (χ3n) is 3.78. The van der Waals surface area contributed by atoms with Crippen molar-refractivity contribution >= 4 is 56.2 Å². The number of thioether (sulfide) groups is 1. The molecular weight excluding hydrogens is 426 g/mol. The van der Waals surface area contributed by atoms with Gasteiger partial charge in [-0.1, -0.05) is 6.07 Å². The summed E-state index contributed by atoms with van der Waals surface area (Å²) >= 11 is 4.91. The van der Waals surface area contributed by atoms with E-state index in [-0.39, 0.29) is 5.91 Å². The van der Waals surface area contributed by atoms with Gasteiger partial charge in [0.05, 0.1) is 22.9 Å². The first-order chi connectivity index (χ1) is 13.0. The predicted octanol–water partition coefficient (Wildman–Crippen LogP) is 4.81. The van der Waals surface area contributed by atoms with E-state index < -0.39 is 0 Å². The number of benzene rings is 2. The maximum atomic E-state index is 12.3. The number of rotatable bonds is 5. The van der Waals surface area contributed by atoms with E-state index in [9.17, 15) is 4.79 Å². The Balaban J connectivity index is 1.76. The molecule has 0 unspecified atom stereocenters. The molecule has 2 aromatic carbocycles. The SMILES string of the molecule is CCOc1ccc(N=C2NC(=O)C(=Cc3ccc(N(C)C)c(Br)c3)S2)cc1. The van der Waals surface area contributed by atoms with E-state index in [2.05, 4.69) is 26.2 Å². The van der Waals surface area contributed by atoms with Gasteiger partial charge in [0.15, 0.2) is 5.17 Å². The summed E-state index contributed by atoms with van der Waals surface area (Å²) in [7, 11) is 3.98. The van der Waals surface area contributed by atoms with Crippen LogP contribution in [0.25, 0.3) is 6.08 Å². The highest BCUT2D eigenvalue weighted by Gasteiger charge is 2.23. The Bertz CT molecular complexity index is 908. The van der Waals surface area contributed by atoms with Crippen LogP contribution in [0.4, 0.5) is 11.4 Å². The molecule has 0 aromatic heterocycles. The van der Waals surface area contributed by atoms with Gasteiger partial charge in [0.25, 0.3) is 5.91 Å². The zero-order chi connectivity index (χ0) is 19.4. The van der Waals surface area contributed by atoms with Crippen LogP contribution in [0.5, 0.6) is 5.75 Å². The second kappa shape index (κ2) is 8.63. The molecular formula is C20H20BrN3O2S. The highest BCUT2D eigenvalue weighted by atomic mass is 79.9. The average molecular weight is 446 g/mol. The number of hydrogen-bond acceptors (Lipinski definition) is 5. The number of carbonyl (C=O) groups excluding carboxylic acids is 1. The number of nitrogens with zero attached hydrogens (tertiary/aromatic N) is 2. The average Bonchev–Trinajstić information content (AvgIpc) is 2.96. The van der Waals surface area contributed by atoms with E-state index in [4.69, 9.17) is 4.74 Å². The van der Waals surface area contributed by atoms with E-state index in [1.165, 1.54) is 11.8 Å². The summed E-state index contributed by atoms with van der Waals surface area (Å²) in [6, 6.07) is 13.5. The van der Waals surface area contributed by atoms with Gasteiger partial charge >= 0.3 is 0 Å². The van der Waals surface area contributed by atoms with Gasteiger partial charge in [0, 0.05) is 18.6 Å². The molecule has 0 bridgehead atoms. The first-order valence-electron chi connectivity index (χ1n) is 8.45. The molecule has 1 aliphatic rings. The van der Waals surface area contributed by atoms with Gasteiger partial charge in [0.1, 0.15) is 5.75 Å². The summed E-state index contributed by atoms with van der Waals surface area (Å²) in [6.07, 6.45) is 1.87. The number of nitrogens with one attached hydrogen (secondary N) is 1. The molecule has 1 N–H and O–H groups in total. The Hall–Kier alpha value is -2.25. The fraction of sp³-hybridized carbons (Fsp3) is 0.200. The third kappa shape index (κ3) is 4.93. The fourth-order valence-electron chi connectivity index (χ4n) is 2.51. The minimum absolute atomic E-state index is 0.141. The summed E-state index contributed by atoms with van der Waals surface area (Å²) in [6.45, 7) is 2.57. The Labute approximate surface area is 171 Å². The quantitative estimate of drug-likeness (QED) is 0.671. The maximum absolute atomic E-state index is 12.3. The lowest BCUT2D eigenvalue weighted by Crippen LogP contribution is -2.19. The molecule has 1 fully saturated rings. The van der Waals surface area contributed by atoms with Crippen LogP contribution < -0.4 is 15.0 Å². The molecule has 0 atom stereocenters. The van der Waals surface area contributed by atoms with Crippen LogP contribution in [0.2, 0.25) is 0 Å². The number of aliphatic imine (C=N–C) groups is 1. The van der Waals surface area contributed by atoms with Crippen LogP contribution in [-0.2, 0) is 4.79 Å². The van der Waals surface area contributed by atoms with Crippen molar-refractivity contribution in [1.82, 2.24) is 5.32 Å². The van der Waals surface area contributed by atoms with Crippen molar-refractivity contribution in [3.63, 3.8) is 0 Å². The second-order valence-corrected chi connectivity index (χ2v) is 7.90. The molecule has 3 rings (SSSR count). The molecule has 0 radical (unpaired) electrons. The number of hydrogen-bond donors (Lipinski definition) is 1. The normalized spacial score (nSPS) is 16.7. The molecule has 1 aliphatic heterocycles. The topological polar surface area (TPSA) is 53.9 Å². The van der Waals surface area contributed by atoms with E-state index in [1.807, 2.05) is 74.5 Å². The minimum atomic E-state index is -0.141. The van der Waals surface area contributed by atoms with Gasteiger partial charge in [-0.15, -0.1) is 0 Å². The third-order valence-corrected chi connectivity index (χ3v) is 5.33. The molecule has 2 aromatic rings. The van der Waals surface area contributed by atoms with Crippen LogP contribution in [0, 0.1) is 0 Å². The van der Waals surface area contributed by atoms with E-state index in [0.29, 0.717) is 16.7 Å². The van der Waals surface area contributed by atoms with Gasteiger partial charge in [-0.25, -0.2) is 4.99 Å². The van der Waals surface area contributed by atoms with Crippen molar-refractivity contribution in [1.29, 1.82) is 0 Å². The maximum Gasteiger partial charge on any atom is 0.264 e. The van der Waals surface area contributed by atoms with Crippen molar-refractivity contribution < 1.29 is 9.53 Å². The fourth-order valence-corrected chi connectivity index (χ4v) is 4.10. The van der Waals surface area contributed by atoms with Gasteiger partial charge in [-0.2, -0.15) is 0 Å². The van der Waals surface area contributed by atoms with Crippen molar-refractivity contribution in [3.8, 4) is 5.75 Å².